The Morgan fingerprint density at radius 1 is 1.11 bits per heavy atom. The number of para-hydroxylation sites is 1. The van der Waals surface area contributed by atoms with E-state index in [1.54, 1.807) is 0 Å². The average Bonchev–Trinajstić information content (AvgIpc) is 3.21. The Bertz CT molecular complexity index is 747. The van der Waals surface area contributed by atoms with Crippen molar-refractivity contribution in [2.24, 2.45) is 4.99 Å². The van der Waals surface area contributed by atoms with Crippen molar-refractivity contribution in [3.05, 3.63) is 65.7 Å². The fraction of sp³-hybridized carbons (Fsp3) is 0.435. The Hall–Kier alpha value is -2.53. The standard InChI is InChI=1S/C23H32N4O/c1-3-15-28-18-20-10-8-7-9-19(20)16-25-23(24-2)26-21-13-14-27(17-21)22-11-5-4-6-12-22/h4-12,21H,3,13-18H2,1-2H3,(H2,24,25,26). The fourth-order valence-corrected chi connectivity index (χ4v) is 3.52. The minimum absolute atomic E-state index is 0.398. The molecule has 0 bridgehead atoms. The molecular formula is C23H32N4O. The quantitative estimate of drug-likeness (QED) is 0.418. The third kappa shape index (κ3) is 5.73. The number of hydrogen-bond acceptors (Lipinski definition) is 3. The first kappa shape index (κ1) is 20.2. The molecule has 0 aliphatic carbocycles. The van der Waals surface area contributed by atoms with Gasteiger partial charge in [-0.05, 0) is 36.1 Å². The Kier molecular flexibility index (Phi) is 7.73. The Balaban J connectivity index is 1.51. The summed E-state index contributed by atoms with van der Waals surface area (Å²) in [7, 11) is 1.83. The van der Waals surface area contributed by atoms with Crippen molar-refractivity contribution in [1.29, 1.82) is 0 Å². The molecule has 150 valence electrons. The molecule has 0 aromatic heterocycles. The van der Waals surface area contributed by atoms with Crippen molar-refractivity contribution in [3.63, 3.8) is 0 Å². The van der Waals surface area contributed by atoms with Crippen LogP contribution in [0, 0.1) is 0 Å². The third-order valence-corrected chi connectivity index (χ3v) is 5.04. The molecule has 1 aliphatic rings. The maximum Gasteiger partial charge on any atom is 0.191 e. The molecule has 2 aromatic carbocycles. The van der Waals surface area contributed by atoms with E-state index in [1.807, 2.05) is 7.05 Å². The molecule has 1 atom stereocenters. The highest BCUT2D eigenvalue weighted by Crippen LogP contribution is 2.19. The van der Waals surface area contributed by atoms with Gasteiger partial charge in [0.2, 0.25) is 0 Å². The number of rotatable bonds is 8. The first-order valence-corrected chi connectivity index (χ1v) is 10.2. The molecule has 5 nitrogen and oxygen atoms in total. The van der Waals surface area contributed by atoms with Crippen LogP contribution in [0.25, 0.3) is 0 Å². The van der Waals surface area contributed by atoms with Crippen LogP contribution < -0.4 is 15.5 Å². The number of nitrogens with one attached hydrogen (secondary N) is 2. The molecule has 1 aliphatic heterocycles. The van der Waals surface area contributed by atoms with Crippen LogP contribution in [0.1, 0.15) is 30.9 Å². The molecule has 0 amide bonds. The lowest BCUT2D eigenvalue weighted by Crippen LogP contribution is -2.44. The van der Waals surface area contributed by atoms with Gasteiger partial charge in [-0.2, -0.15) is 0 Å². The van der Waals surface area contributed by atoms with Crippen molar-refractivity contribution in [1.82, 2.24) is 10.6 Å². The molecule has 0 spiro atoms. The van der Waals surface area contributed by atoms with E-state index in [0.717, 1.165) is 45.0 Å². The lowest BCUT2D eigenvalue weighted by atomic mass is 10.1. The highest BCUT2D eigenvalue weighted by molar-refractivity contribution is 5.80. The second-order valence-corrected chi connectivity index (χ2v) is 7.16. The van der Waals surface area contributed by atoms with Crippen LogP contribution in [0.5, 0.6) is 0 Å². The summed E-state index contributed by atoms with van der Waals surface area (Å²) in [4.78, 5) is 6.84. The second kappa shape index (κ2) is 10.7. The Morgan fingerprint density at radius 2 is 1.86 bits per heavy atom. The van der Waals surface area contributed by atoms with Crippen LogP contribution in [-0.2, 0) is 17.9 Å². The number of ether oxygens (including phenoxy) is 1. The summed E-state index contributed by atoms with van der Waals surface area (Å²) in [5.41, 5.74) is 3.77. The van der Waals surface area contributed by atoms with Gasteiger partial charge in [-0.3, -0.25) is 4.99 Å². The molecule has 0 radical (unpaired) electrons. The minimum Gasteiger partial charge on any atom is -0.377 e. The van der Waals surface area contributed by atoms with Crippen molar-refractivity contribution in [2.75, 3.05) is 31.6 Å². The number of guanidine groups is 1. The Morgan fingerprint density at radius 3 is 2.61 bits per heavy atom. The van der Waals surface area contributed by atoms with Gasteiger partial charge in [-0.15, -0.1) is 0 Å². The molecule has 2 aromatic rings. The van der Waals surface area contributed by atoms with E-state index in [0.29, 0.717) is 12.6 Å². The zero-order chi connectivity index (χ0) is 19.6. The van der Waals surface area contributed by atoms with E-state index in [2.05, 4.69) is 82.0 Å². The molecule has 1 fully saturated rings. The van der Waals surface area contributed by atoms with E-state index >= 15 is 0 Å². The zero-order valence-corrected chi connectivity index (χ0v) is 17.0. The summed E-state index contributed by atoms with van der Waals surface area (Å²) in [6, 6.07) is 19.4. The first-order valence-electron chi connectivity index (χ1n) is 10.2. The number of benzene rings is 2. The smallest absolute Gasteiger partial charge is 0.191 e. The summed E-state index contributed by atoms with van der Waals surface area (Å²) in [5.74, 6) is 0.851. The highest BCUT2D eigenvalue weighted by atomic mass is 16.5. The molecule has 1 heterocycles. The summed E-state index contributed by atoms with van der Waals surface area (Å²) in [6.45, 7) is 6.38. The van der Waals surface area contributed by atoms with E-state index in [1.165, 1.54) is 16.8 Å². The number of aliphatic imine (C=N–C) groups is 1. The molecule has 0 saturated carbocycles. The van der Waals surface area contributed by atoms with E-state index < -0.39 is 0 Å². The molecule has 1 unspecified atom stereocenters. The van der Waals surface area contributed by atoms with Crippen LogP contribution >= 0.6 is 0 Å². The molecule has 3 rings (SSSR count). The van der Waals surface area contributed by atoms with E-state index in [-0.39, 0.29) is 0 Å². The predicted octanol–water partition coefficient (Wildman–Crippen LogP) is 3.56. The van der Waals surface area contributed by atoms with Gasteiger partial charge in [0.1, 0.15) is 0 Å². The van der Waals surface area contributed by atoms with Crippen molar-refractivity contribution < 1.29 is 4.74 Å². The maximum atomic E-state index is 5.72. The van der Waals surface area contributed by atoms with Crippen LogP contribution in [0.2, 0.25) is 0 Å². The summed E-state index contributed by atoms with van der Waals surface area (Å²) < 4.78 is 5.72. The fourth-order valence-electron chi connectivity index (χ4n) is 3.52. The SMILES string of the molecule is CCCOCc1ccccc1CNC(=NC)NC1CCN(c2ccccc2)C1. The number of anilines is 1. The summed E-state index contributed by atoms with van der Waals surface area (Å²) >= 11 is 0. The molecule has 2 N–H and O–H groups in total. The lowest BCUT2D eigenvalue weighted by molar-refractivity contribution is 0.121. The lowest BCUT2D eigenvalue weighted by Gasteiger charge is -2.20. The molecule has 5 heteroatoms. The van der Waals surface area contributed by atoms with Gasteiger partial charge >= 0.3 is 0 Å². The predicted molar refractivity (Wildman–Crippen MR) is 117 cm³/mol. The molecule has 28 heavy (non-hydrogen) atoms. The van der Waals surface area contributed by atoms with Gasteiger partial charge in [0.25, 0.3) is 0 Å². The topological polar surface area (TPSA) is 48.9 Å². The van der Waals surface area contributed by atoms with E-state index in [4.69, 9.17) is 4.74 Å². The summed E-state index contributed by atoms with van der Waals surface area (Å²) in [5, 5.41) is 7.04. The van der Waals surface area contributed by atoms with Gasteiger partial charge < -0.3 is 20.3 Å². The first-order chi connectivity index (χ1) is 13.8. The van der Waals surface area contributed by atoms with Gasteiger partial charge in [0, 0.05) is 45.0 Å². The van der Waals surface area contributed by atoms with Crippen LogP contribution in [0.15, 0.2) is 59.6 Å². The monoisotopic (exact) mass is 380 g/mol. The van der Waals surface area contributed by atoms with Crippen molar-refractivity contribution in [2.45, 2.75) is 39.0 Å². The van der Waals surface area contributed by atoms with Gasteiger partial charge in [-0.25, -0.2) is 0 Å². The van der Waals surface area contributed by atoms with Crippen molar-refractivity contribution >= 4 is 11.6 Å². The minimum atomic E-state index is 0.398. The van der Waals surface area contributed by atoms with Gasteiger partial charge in [0.05, 0.1) is 6.61 Å². The normalized spacial score (nSPS) is 17.0. The Labute approximate surface area is 168 Å². The average molecular weight is 381 g/mol. The second-order valence-electron chi connectivity index (χ2n) is 7.16. The summed E-state index contributed by atoms with van der Waals surface area (Å²) in [6.07, 6.45) is 2.15. The van der Waals surface area contributed by atoms with E-state index in [9.17, 15) is 0 Å². The third-order valence-electron chi connectivity index (χ3n) is 5.04. The maximum absolute atomic E-state index is 5.72. The number of hydrogen-bond donors (Lipinski definition) is 2. The van der Waals surface area contributed by atoms with Crippen molar-refractivity contribution in [3.8, 4) is 0 Å². The molecular weight excluding hydrogens is 348 g/mol. The van der Waals surface area contributed by atoms with Crippen LogP contribution in [0.3, 0.4) is 0 Å². The van der Waals surface area contributed by atoms with Gasteiger partial charge in [0.15, 0.2) is 5.96 Å². The largest absolute Gasteiger partial charge is 0.377 e. The molecule has 1 saturated heterocycles. The van der Waals surface area contributed by atoms with Crippen LogP contribution in [-0.4, -0.2) is 38.7 Å². The van der Waals surface area contributed by atoms with Gasteiger partial charge in [-0.1, -0.05) is 49.4 Å². The van der Waals surface area contributed by atoms with Crippen LogP contribution in [0.4, 0.5) is 5.69 Å². The number of nitrogens with zero attached hydrogens (tertiary/aromatic N) is 2. The highest BCUT2D eigenvalue weighted by Gasteiger charge is 2.23. The zero-order valence-electron chi connectivity index (χ0n) is 17.0.